The van der Waals surface area contributed by atoms with Gasteiger partial charge in [0, 0.05) is 0 Å². The highest BCUT2D eigenvalue weighted by atomic mass is 14.9. The van der Waals surface area contributed by atoms with Gasteiger partial charge in [0.05, 0.1) is 34.2 Å². The maximum atomic E-state index is 5.55. The van der Waals surface area contributed by atoms with Crippen LogP contribution in [0.1, 0.15) is 167 Å². The fourth-order valence-corrected chi connectivity index (χ4v) is 8.20. The summed E-state index contributed by atoms with van der Waals surface area (Å²) in [5.74, 6) is 1.22. The summed E-state index contributed by atoms with van der Waals surface area (Å²) in [6.07, 6.45) is 23.2. The van der Waals surface area contributed by atoms with Crippen LogP contribution in [0.15, 0.2) is 58.5 Å². The molecule has 2 fully saturated rings. The van der Waals surface area contributed by atoms with Crippen molar-refractivity contribution in [3.63, 3.8) is 0 Å². The molecule has 1 aromatic heterocycles. The zero-order valence-electron chi connectivity index (χ0n) is 28.3. The van der Waals surface area contributed by atoms with Crippen molar-refractivity contribution < 1.29 is 0 Å². The van der Waals surface area contributed by atoms with Crippen molar-refractivity contribution in [2.45, 2.75) is 148 Å². The van der Waals surface area contributed by atoms with Crippen LogP contribution in [0.5, 0.6) is 0 Å². The molecule has 0 atom stereocenters. The number of para-hydroxylation sites is 2. The Morgan fingerprint density at radius 1 is 0.600 bits per heavy atom. The van der Waals surface area contributed by atoms with Crippen molar-refractivity contribution in [2.75, 3.05) is 0 Å². The van der Waals surface area contributed by atoms with E-state index in [0.29, 0.717) is 11.8 Å². The molecule has 0 amide bonds. The van der Waals surface area contributed by atoms with Gasteiger partial charge in [0.15, 0.2) is 0 Å². The Labute approximate surface area is 273 Å². The molecule has 3 aliphatic carbocycles. The molecule has 3 aliphatic rings. The van der Waals surface area contributed by atoms with Gasteiger partial charge < -0.3 is 0 Å². The SMILES string of the molecule is CC(=Nc1c(C)cccc1C1CCCCCCC1)c1ccc2c(n1)C(=Nc1c(C)cccc1C1CCCCCCC1)CCCC2. The minimum Gasteiger partial charge on any atom is -0.251 e. The molecular weight excluding hydrogens is 546 g/mol. The lowest BCUT2D eigenvalue weighted by molar-refractivity contribution is 0.456. The first kappa shape index (κ1) is 31.9. The summed E-state index contributed by atoms with van der Waals surface area (Å²) >= 11 is 0. The van der Waals surface area contributed by atoms with Crippen LogP contribution in [0.4, 0.5) is 11.4 Å². The number of aryl methyl sites for hydroxylation is 3. The number of nitrogens with zero attached hydrogens (tertiary/aromatic N) is 3. The highest BCUT2D eigenvalue weighted by Crippen LogP contribution is 2.40. The van der Waals surface area contributed by atoms with E-state index in [9.17, 15) is 0 Å². The van der Waals surface area contributed by atoms with Gasteiger partial charge in [-0.1, -0.05) is 107 Å². The van der Waals surface area contributed by atoms with Gasteiger partial charge >= 0.3 is 0 Å². The Morgan fingerprint density at radius 3 is 1.76 bits per heavy atom. The highest BCUT2D eigenvalue weighted by Gasteiger charge is 2.22. The van der Waals surface area contributed by atoms with Crippen molar-refractivity contribution in [1.82, 2.24) is 4.98 Å². The second-order valence-electron chi connectivity index (χ2n) is 14.3. The van der Waals surface area contributed by atoms with E-state index in [4.69, 9.17) is 15.0 Å². The van der Waals surface area contributed by atoms with Crippen molar-refractivity contribution >= 4 is 22.8 Å². The third-order valence-electron chi connectivity index (χ3n) is 10.9. The molecular formula is C42H55N3. The van der Waals surface area contributed by atoms with Crippen molar-refractivity contribution in [2.24, 2.45) is 9.98 Å². The van der Waals surface area contributed by atoms with Gasteiger partial charge in [0.1, 0.15) is 0 Å². The number of hydrogen-bond acceptors (Lipinski definition) is 3. The molecule has 2 aromatic carbocycles. The Balaban J connectivity index is 1.36. The first-order valence-electron chi connectivity index (χ1n) is 18.4. The molecule has 1 heterocycles. The second kappa shape index (κ2) is 15.5. The van der Waals surface area contributed by atoms with E-state index in [1.54, 1.807) is 0 Å². The van der Waals surface area contributed by atoms with Gasteiger partial charge in [-0.2, -0.15) is 0 Å². The molecule has 0 unspecified atom stereocenters. The molecule has 3 heteroatoms. The lowest BCUT2D eigenvalue weighted by Crippen LogP contribution is -2.11. The first-order valence-corrected chi connectivity index (χ1v) is 18.4. The van der Waals surface area contributed by atoms with Gasteiger partial charge in [-0.15, -0.1) is 0 Å². The van der Waals surface area contributed by atoms with E-state index in [2.05, 4.69) is 69.3 Å². The number of pyridine rings is 1. The molecule has 0 saturated heterocycles. The molecule has 3 aromatic rings. The molecule has 0 N–H and O–H groups in total. The van der Waals surface area contributed by atoms with E-state index in [1.807, 2.05) is 0 Å². The fourth-order valence-electron chi connectivity index (χ4n) is 8.20. The number of benzene rings is 2. The van der Waals surface area contributed by atoms with Gasteiger partial charge in [-0.05, 0) is 118 Å². The average Bonchev–Trinajstić information content (AvgIpc) is 3.21. The third kappa shape index (κ3) is 7.84. The largest absolute Gasteiger partial charge is 0.251 e. The summed E-state index contributed by atoms with van der Waals surface area (Å²) in [7, 11) is 0. The normalized spacial score (nSPS) is 20.5. The van der Waals surface area contributed by atoms with Crippen molar-refractivity contribution in [1.29, 1.82) is 0 Å². The molecule has 3 nitrogen and oxygen atoms in total. The van der Waals surface area contributed by atoms with Crippen LogP contribution in [0.25, 0.3) is 0 Å². The Kier molecular flexibility index (Phi) is 11.0. The predicted molar refractivity (Wildman–Crippen MR) is 192 cm³/mol. The Hall–Kier alpha value is -3.07. The summed E-state index contributed by atoms with van der Waals surface area (Å²) in [4.78, 5) is 16.3. The van der Waals surface area contributed by atoms with Gasteiger partial charge in [0.25, 0.3) is 0 Å². The number of rotatable bonds is 5. The zero-order valence-corrected chi connectivity index (χ0v) is 28.3. The topological polar surface area (TPSA) is 37.6 Å². The molecule has 0 spiro atoms. The minimum atomic E-state index is 0.608. The van der Waals surface area contributed by atoms with Crippen molar-refractivity contribution in [3.8, 4) is 0 Å². The van der Waals surface area contributed by atoms with Crippen LogP contribution < -0.4 is 0 Å². The van der Waals surface area contributed by atoms with Gasteiger partial charge in [-0.25, -0.2) is 4.98 Å². The van der Waals surface area contributed by atoms with Gasteiger partial charge in [0.2, 0.25) is 0 Å². The molecule has 6 rings (SSSR count). The van der Waals surface area contributed by atoms with Crippen LogP contribution in [0.3, 0.4) is 0 Å². The molecule has 238 valence electrons. The summed E-state index contributed by atoms with van der Waals surface area (Å²) in [6, 6.07) is 18.2. The van der Waals surface area contributed by atoms with E-state index in [1.165, 1.54) is 141 Å². The molecule has 0 aliphatic heterocycles. The summed E-state index contributed by atoms with van der Waals surface area (Å²) in [5, 5.41) is 0. The smallest absolute Gasteiger partial charge is 0.0884 e. The number of hydrogen-bond donors (Lipinski definition) is 0. The molecule has 0 bridgehead atoms. The lowest BCUT2D eigenvalue weighted by Gasteiger charge is -2.23. The van der Waals surface area contributed by atoms with E-state index in [-0.39, 0.29) is 0 Å². The second-order valence-corrected chi connectivity index (χ2v) is 14.3. The quantitative estimate of drug-likeness (QED) is 0.212. The minimum absolute atomic E-state index is 0.608. The Bertz CT molecular complexity index is 1500. The van der Waals surface area contributed by atoms with Crippen LogP contribution in [-0.2, 0) is 6.42 Å². The first-order chi connectivity index (χ1) is 22.1. The molecule has 0 radical (unpaired) electrons. The summed E-state index contributed by atoms with van der Waals surface area (Å²) in [6.45, 7) is 6.63. The van der Waals surface area contributed by atoms with Crippen LogP contribution in [0, 0.1) is 13.8 Å². The van der Waals surface area contributed by atoms with Gasteiger partial charge in [-0.3, -0.25) is 9.98 Å². The highest BCUT2D eigenvalue weighted by molar-refractivity contribution is 6.04. The van der Waals surface area contributed by atoms with Crippen LogP contribution in [-0.4, -0.2) is 16.4 Å². The number of fused-ring (bicyclic) bond motifs is 1. The van der Waals surface area contributed by atoms with E-state index < -0.39 is 0 Å². The van der Waals surface area contributed by atoms with Crippen LogP contribution in [0.2, 0.25) is 0 Å². The van der Waals surface area contributed by atoms with E-state index in [0.717, 1.165) is 36.4 Å². The summed E-state index contributed by atoms with van der Waals surface area (Å²) in [5.41, 5.74) is 13.5. The predicted octanol–water partition coefficient (Wildman–Crippen LogP) is 12.3. The third-order valence-corrected chi connectivity index (χ3v) is 10.9. The zero-order chi connectivity index (χ0) is 31.0. The number of aromatic nitrogens is 1. The van der Waals surface area contributed by atoms with Crippen LogP contribution >= 0.6 is 0 Å². The lowest BCUT2D eigenvalue weighted by atomic mass is 9.84. The molecule has 2 saturated carbocycles. The average molecular weight is 602 g/mol. The van der Waals surface area contributed by atoms with E-state index >= 15 is 0 Å². The van der Waals surface area contributed by atoms with Crippen molar-refractivity contribution in [3.05, 3.63) is 87.7 Å². The fraction of sp³-hybridized carbons (Fsp3) is 0.548. The number of aliphatic imine (C=N–C) groups is 2. The summed E-state index contributed by atoms with van der Waals surface area (Å²) < 4.78 is 0. The maximum Gasteiger partial charge on any atom is 0.0884 e. The Morgan fingerprint density at radius 2 is 1.13 bits per heavy atom. The maximum absolute atomic E-state index is 5.55. The molecule has 45 heavy (non-hydrogen) atoms. The standard InChI is InChI=1S/C42H55N3/c1-30-18-16-25-36(33-20-10-6-4-7-11-21-33)40(30)43-32(3)38-29-28-35-24-14-15-27-39(42(35)44-38)45-41-31(2)19-17-26-37(41)34-22-12-8-5-9-13-23-34/h16-19,25-26,28-29,33-34H,4-15,20-24,27H2,1-3H3. The monoisotopic (exact) mass is 601 g/mol.